The Bertz CT molecular complexity index is 1090. The number of anilines is 1. The third-order valence-corrected chi connectivity index (χ3v) is 5.51. The van der Waals surface area contributed by atoms with Gasteiger partial charge in [0.25, 0.3) is 5.91 Å². The molecule has 12 heteroatoms. The molecule has 0 spiro atoms. The lowest BCUT2D eigenvalue weighted by atomic mass is 10.1. The number of aromatic nitrogens is 1. The van der Waals surface area contributed by atoms with Crippen LogP contribution in [-0.2, 0) is 11.2 Å². The van der Waals surface area contributed by atoms with E-state index in [0.29, 0.717) is 12.1 Å². The first-order valence-electron chi connectivity index (χ1n) is 11.3. The maximum atomic E-state index is 12.8. The number of nitrogens with one attached hydrogen (secondary N) is 1. The largest absolute Gasteiger partial charge is 0.573 e. The van der Waals surface area contributed by atoms with Crippen molar-refractivity contribution in [2.24, 2.45) is 5.92 Å². The average molecular weight is 511 g/mol. The number of nitrogens with two attached hydrogens (primary N) is 1. The summed E-state index contributed by atoms with van der Waals surface area (Å²) < 4.78 is 46.8. The van der Waals surface area contributed by atoms with Crippen LogP contribution in [0, 0.1) is 5.92 Å². The molecule has 0 bridgehead atoms. The fourth-order valence-electron chi connectivity index (χ4n) is 3.62. The number of hydrogen-bond donors (Lipinski definition) is 3. The second kappa shape index (κ2) is 10.6. The van der Waals surface area contributed by atoms with E-state index < -0.39 is 24.0 Å². The fourth-order valence-corrected chi connectivity index (χ4v) is 3.62. The summed E-state index contributed by atoms with van der Waals surface area (Å²) in [4.78, 5) is 30.8. The Morgan fingerprint density at radius 3 is 2.50 bits per heavy atom. The highest BCUT2D eigenvalue weighted by Crippen LogP contribution is 2.28. The van der Waals surface area contributed by atoms with E-state index in [1.807, 2.05) is 6.92 Å². The summed E-state index contributed by atoms with van der Waals surface area (Å²) in [6, 6.07) is 6.61. The number of rotatable bonds is 8. The molecule has 2 aromatic rings. The number of carbonyl (C=O) groups excluding carboxylic acids is 2. The molecule has 1 fully saturated rings. The number of alkyl halides is 3. The minimum absolute atomic E-state index is 0.00624. The Morgan fingerprint density at radius 1 is 1.22 bits per heavy atom. The highest BCUT2D eigenvalue weighted by molar-refractivity contribution is 5.94. The summed E-state index contributed by atoms with van der Waals surface area (Å²) >= 11 is 0. The summed E-state index contributed by atoms with van der Waals surface area (Å²) in [6.45, 7) is 5.76. The maximum Gasteiger partial charge on any atom is 0.573 e. The van der Waals surface area contributed by atoms with Crippen LogP contribution in [0.15, 0.2) is 36.5 Å². The van der Waals surface area contributed by atoms with Crippen LogP contribution < -0.4 is 20.5 Å². The summed E-state index contributed by atoms with van der Waals surface area (Å²) in [5, 5.41) is 12.4. The fraction of sp³-hybridized carbons (Fsp3) is 0.458. The SMILES string of the molecule is CC1CN(C(=O)Cc2ccc(OC(F)(F)F)cc2)CC1Oc1cc(C(=O)NCC(C)(C)O)cnc1N. The van der Waals surface area contributed by atoms with Crippen molar-refractivity contribution in [2.75, 3.05) is 25.4 Å². The predicted molar refractivity (Wildman–Crippen MR) is 124 cm³/mol. The molecule has 2 amide bonds. The Hall–Kier alpha value is -3.54. The Kier molecular flexibility index (Phi) is 7.97. The van der Waals surface area contributed by atoms with Crippen molar-refractivity contribution < 1.29 is 37.3 Å². The van der Waals surface area contributed by atoms with Gasteiger partial charge in [-0.15, -0.1) is 13.2 Å². The second-order valence-electron chi connectivity index (χ2n) is 9.40. The van der Waals surface area contributed by atoms with E-state index in [1.54, 1.807) is 18.7 Å². The smallest absolute Gasteiger partial charge is 0.484 e. The van der Waals surface area contributed by atoms with Crippen molar-refractivity contribution in [3.8, 4) is 11.5 Å². The molecule has 9 nitrogen and oxygen atoms in total. The molecule has 2 heterocycles. The quantitative estimate of drug-likeness (QED) is 0.498. The molecule has 0 saturated carbocycles. The summed E-state index contributed by atoms with van der Waals surface area (Å²) in [7, 11) is 0. The van der Waals surface area contributed by atoms with Gasteiger partial charge in [-0.05, 0) is 37.6 Å². The monoisotopic (exact) mass is 510 g/mol. The zero-order valence-corrected chi connectivity index (χ0v) is 20.1. The molecule has 4 N–H and O–H groups in total. The summed E-state index contributed by atoms with van der Waals surface area (Å²) in [6.07, 6.45) is -3.88. The molecule has 196 valence electrons. The van der Waals surface area contributed by atoms with Gasteiger partial charge in [-0.2, -0.15) is 0 Å². The molecular formula is C24H29F3N4O5. The first-order valence-corrected chi connectivity index (χ1v) is 11.3. The predicted octanol–water partition coefficient (Wildman–Crippen LogP) is 2.53. The van der Waals surface area contributed by atoms with Crippen molar-refractivity contribution >= 4 is 17.6 Å². The van der Waals surface area contributed by atoms with Crippen molar-refractivity contribution in [2.45, 2.75) is 45.3 Å². The highest BCUT2D eigenvalue weighted by Gasteiger charge is 2.35. The number of nitrogens with zero attached hydrogens (tertiary/aromatic N) is 2. The van der Waals surface area contributed by atoms with Crippen molar-refractivity contribution in [3.63, 3.8) is 0 Å². The molecule has 1 aliphatic heterocycles. The number of hydrogen-bond acceptors (Lipinski definition) is 7. The third-order valence-electron chi connectivity index (χ3n) is 5.51. The second-order valence-corrected chi connectivity index (χ2v) is 9.40. The number of nitrogen functional groups attached to an aromatic ring is 1. The van der Waals surface area contributed by atoms with Crippen molar-refractivity contribution in [1.29, 1.82) is 0 Å². The van der Waals surface area contributed by atoms with E-state index in [-0.39, 0.29) is 54.2 Å². The zero-order chi connectivity index (χ0) is 26.7. The van der Waals surface area contributed by atoms with Crippen LogP contribution in [0.1, 0.15) is 36.7 Å². The minimum Gasteiger partial charge on any atom is -0.484 e. The molecule has 2 atom stereocenters. The number of pyridine rings is 1. The minimum atomic E-state index is -4.78. The normalized spacial score (nSPS) is 18.1. The Labute approximate surface area is 206 Å². The topological polar surface area (TPSA) is 127 Å². The molecule has 1 saturated heterocycles. The van der Waals surface area contributed by atoms with Crippen LogP contribution in [-0.4, -0.2) is 64.5 Å². The van der Waals surface area contributed by atoms with E-state index in [0.717, 1.165) is 12.1 Å². The molecule has 0 radical (unpaired) electrons. The van der Waals surface area contributed by atoms with Gasteiger partial charge in [-0.25, -0.2) is 4.98 Å². The van der Waals surface area contributed by atoms with Crippen LogP contribution in [0.5, 0.6) is 11.5 Å². The highest BCUT2D eigenvalue weighted by atomic mass is 19.4. The Balaban J connectivity index is 1.60. The Morgan fingerprint density at radius 2 is 1.89 bits per heavy atom. The molecular weight excluding hydrogens is 481 g/mol. The van der Waals surface area contributed by atoms with Gasteiger partial charge in [-0.3, -0.25) is 9.59 Å². The number of ether oxygens (including phenoxy) is 2. The van der Waals surface area contributed by atoms with Crippen LogP contribution in [0.4, 0.5) is 19.0 Å². The first kappa shape index (κ1) is 27.1. The molecule has 36 heavy (non-hydrogen) atoms. The van der Waals surface area contributed by atoms with Crippen LogP contribution in [0.25, 0.3) is 0 Å². The number of benzene rings is 1. The number of carbonyl (C=O) groups is 2. The third kappa shape index (κ3) is 7.74. The van der Waals surface area contributed by atoms with Gasteiger partial charge in [-0.1, -0.05) is 19.1 Å². The van der Waals surface area contributed by atoms with E-state index in [1.165, 1.54) is 24.4 Å². The lowest BCUT2D eigenvalue weighted by Gasteiger charge is -2.20. The molecule has 1 aromatic heterocycles. The van der Waals surface area contributed by atoms with E-state index >= 15 is 0 Å². The van der Waals surface area contributed by atoms with Crippen LogP contribution in [0.3, 0.4) is 0 Å². The molecule has 3 rings (SSSR count). The summed E-state index contributed by atoms with van der Waals surface area (Å²) in [5.41, 5.74) is 5.61. The van der Waals surface area contributed by atoms with Gasteiger partial charge in [0.1, 0.15) is 11.9 Å². The lowest BCUT2D eigenvalue weighted by Crippen LogP contribution is -2.38. The summed E-state index contributed by atoms with van der Waals surface area (Å²) in [5.74, 6) is -0.766. The van der Waals surface area contributed by atoms with Crippen molar-refractivity contribution in [1.82, 2.24) is 15.2 Å². The number of likely N-dealkylation sites (tertiary alicyclic amines) is 1. The van der Waals surface area contributed by atoms with Gasteiger partial charge >= 0.3 is 6.36 Å². The zero-order valence-electron chi connectivity index (χ0n) is 20.1. The van der Waals surface area contributed by atoms with Gasteiger partial charge in [0.15, 0.2) is 11.6 Å². The van der Waals surface area contributed by atoms with Gasteiger partial charge < -0.3 is 30.5 Å². The first-order chi connectivity index (χ1) is 16.7. The van der Waals surface area contributed by atoms with E-state index in [9.17, 15) is 27.9 Å². The van der Waals surface area contributed by atoms with Crippen LogP contribution in [0.2, 0.25) is 0 Å². The van der Waals surface area contributed by atoms with Gasteiger partial charge in [0.2, 0.25) is 5.91 Å². The number of amides is 2. The van der Waals surface area contributed by atoms with E-state index in [4.69, 9.17) is 10.5 Å². The number of aliphatic hydroxyl groups is 1. The van der Waals surface area contributed by atoms with Crippen molar-refractivity contribution in [3.05, 3.63) is 47.7 Å². The maximum absolute atomic E-state index is 12.8. The molecule has 1 aliphatic rings. The number of halogens is 3. The molecule has 0 aliphatic carbocycles. The van der Waals surface area contributed by atoms with Gasteiger partial charge in [0, 0.05) is 25.2 Å². The van der Waals surface area contributed by atoms with Gasteiger partial charge in [0.05, 0.1) is 24.1 Å². The standard InChI is InChI=1S/C24H29F3N4O5/c1-14-11-31(20(32)8-15-4-6-17(7-5-15)36-24(25,26)27)12-19(14)35-18-9-16(10-29-21(18)28)22(33)30-13-23(2,3)34/h4-7,9-10,14,19,34H,8,11-13H2,1-3H3,(H2,28,29)(H,30,33). The van der Waals surface area contributed by atoms with Crippen LogP contribution >= 0.6 is 0 Å². The molecule has 1 aromatic carbocycles. The van der Waals surface area contributed by atoms with E-state index in [2.05, 4.69) is 15.0 Å². The average Bonchev–Trinajstić information content (AvgIpc) is 3.14. The molecule has 2 unspecified atom stereocenters. The lowest BCUT2D eigenvalue weighted by molar-refractivity contribution is -0.274.